The van der Waals surface area contributed by atoms with E-state index >= 15 is 0 Å². The second-order valence-corrected chi connectivity index (χ2v) is 6.74. The third-order valence-electron chi connectivity index (χ3n) is 3.71. The summed E-state index contributed by atoms with van der Waals surface area (Å²) >= 11 is 6.99. The van der Waals surface area contributed by atoms with Gasteiger partial charge in [0.05, 0.1) is 6.42 Å². The highest BCUT2D eigenvalue weighted by Crippen LogP contribution is 2.26. The zero-order valence-electron chi connectivity index (χ0n) is 10.9. The highest BCUT2D eigenvalue weighted by atomic mass is 79.9. The Kier molecular flexibility index (Phi) is 5.89. The molecule has 104 valence electrons. The van der Waals surface area contributed by atoms with E-state index in [-0.39, 0.29) is 5.91 Å². The molecular formula is C15H19Br2NO. The first-order chi connectivity index (χ1) is 9.19. The van der Waals surface area contributed by atoms with E-state index in [2.05, 4.69) is 37.2 Å². The third-order valence-corrected chi connectivity index (χ3v) is 5.03. The van der Waals surface area contributed by atoms with Crippen molar-refractivity contribution in [2.75, 3.05) is 5.33 Å². The van der Waals surface area contributed by atoms with Gasteiger partial charge in [-0.15, -0.1) is 0 Å². The van der Waals surface area contributed by atoms with Crippen LogP contribution in [0, 0.1) is 5.92 Å². The van der Waals surface area contributed by atoms with E-state index in [1.54, 1.807) is 0 Å². The molecule has 1 aliphatic carbocycles. The van der Waals surface area contributed by atoms with Crippen molar-refractivity contribution in [1.29, 1.82) is 0 Å². The minimum Gasteiger partial charge on any atom is -0.353 e. The number of alkyl halides is 1. The first-order valence-corrected chi connectivity index (χ1v) is 8.70. The summed E-state index contributed by atoms with van der Waals surface area (Å²) in [5, 5.41) is 4.18. The average Bonchev–Trinajstić information content (AvgIpc) is 2.39. The van der Waals surface area contributed by atoms with Crippen LogP contribution < -0.4 is 5.32 Å². The van der Waals surface area contributed by atoms with Gasteiger partial charge in [-0.1, -0.05) is 56.8 Å². The van der Waals surface area contributed by atoms with Gasteiger partial charge in [-0.2, -0.15) is 0 Å². The molecule has 1 N–H and O–H groups in total. The Morgan fingerprint density at radius 1 is 1.32 bits per heavy atom. The van der Waals surface area contributed by atoms with E-state index in [9.17, 15) is 4.79 Å². The van der Waals surface area contributed by atoms with E-state index in [1.807, 2.05) is 24.3 Å². The van der Waals surface area contributed by atoms with Gasteiger partial charge in [0.25, 0.3) is 0 Å². The topological polar surface area (TPSA) is 29.1 Å². The van der Waals surface area contributed by atoms with Crippen molar-refractivity contribution >= 4 is 37.8 Å². The van der Waals surface area contributed by atoms with Crippen molar-refractivity contribution in [2.45, 2.75) is 38.1 Å². The Hall–Kier alpha value is -0.350. The van der Waals surface area contributed by atoms with E-state index in [1.165, 1.54) is 19.3 Å². The van der Waals surface area contributed by atoms with Crippen molar-refractivity contribution in [2.24, 2.45) is 5.92 Å². The summed E-state index contributed by atoms with van der Waals surface area (Å²) in [6.07, 6.45) is 5.30. The molecule has 1 fully saturated rings. The van der Waals surface area contributed by atoms with Crippen LogP contribution in [0.3, 0.4) is 0 Å². The molecule has 4 heteroatoms. The third kappa shape index (κ3) is 4.60. The number of hydrogen-bond donors (Lipinski definition) is 1. The minimum atomic E-state index is 0.135. The van der Waals surface area contributed by atoms with Crippen molar-refractivity contribution in [3.63, 3.8) is 0 Å². The molecule has 1 amide bonds. The predicted octanol–water partition coefficient (Wildman–Crippen LogP) is 4.06. The Morgan fingerprint density at radius 2 is 2.11 bits per heavy atom. The summed E-state index contributed by atoms with van der Waals surface area (Å²) in [5.41, 5.74) is 1.05. The van der Waals surface area contributed by atoms with Crippen LogP contribution in [0.1, 0.15) is 31.2 Å². The van der Waals surface area contributed by atoms with Crippen LogP contribution in [-0.4, -0.2) is 17.3 Å². The molecule has 2 atom stereocenters. The molecule has 19 heavy (non-hydrogen) atoms. The molecule has 0 aliphatic heterocycles. The highest BCUT2D eigenvalue weighted by Gasteiger charge is 2.25. The van der Waals surface area contributed by atoms with Gasteiger partial charge in [0.15, 0.2) is 0 Å². The van der Waals surface area contributed by atoms with E-state index in [0.29, 0.717) is 18.4 Å². The molecular weight excluding hydrogens is 370 g/mol. The normalized spacial score (nSPS) is 23.1. The quantitative estimate of drug-likeness (QED) is 0.774. The van der Waals surface area contributed by atoms with Crippen LogP contribution in [-0.2, 0) is 11.2 Å². The van der Waals surface area contributed by atoms with Crippen molar-refractivity contribution in [3.8, 4) is 0 Å². The van der Waals surface area contributed by atoms with Gasteiger partial charge in [-0.05, 0) is 36.5 Å². The SMILES string of the molecule is O=C(Cc1cccc(Br)c1)NC1CCCCC1CBr. The van der Waals surface area contributed by atoms with Gasteiger partial charge in [0.2, 0.25) is 5.91 Å². The summed E-state index contributed by atoms with van der Waals surface area (Å²) < 4.78 is 1.02. The van der Waals surface area contributed by atoms with E-state index in [4.69, 9.17) is 0 Å². The zero-order chi connectivity index (χ0) is 13.7. The maximum atomic E-state index is 12.1. The van der Waals surface area contributed by atoms with Gasteiger partial charge < -0.3 is 5.32 Å². The molecule has 0 radical (unpaired) electrons. The number of benzene rings is 1. The Bertz CT molecular complexity index is 436. The van der Waals surface area contributed by atoms with Crippen LogP contribution in [0.5, 0.6) is 0 Å². The average molecular weight is 389 g/mol. The lowest BCUT2D eigenvalue weighted by Gasteiger charge is -2.31. The fourth-order valence-electron chi connectivity index (χ4n) is 2.67. The molecule has 2 unspecified atom stereocenters. The largest absolute Gasteiger partial charge is 0.353 e. The summed E-state index contributed by atoms with van der Waals surface area (Å²) in [5.74, 6) is 0.719. The molecule has 0 heterocycles. The smallest absolute Gasteiger partial charge is 0.224 e. The second-order valence-electron chi connectivity index (χ2n) is 5.18. The van der Waals surface area contributed by atoms with Gasteiger partial charge in [0.1, 0.15) is 0 Å². The number of halogens is 2. The van der Waals surface area contributed by atoms with Crippen LogP contribution >= 0.6 is 31.9 Å². The molecule has 2 nitrogen and oxygen atoms in total. The Balaban J connectivity index is 1.90. The number of amides is 1. The lowest BCUT2D eigenvalue weighted by molar-refractivity contribution is -0.121. The maximum absolute atomic E-state index is 12.1. The number of rotatable bonds is 4. The molecule has 1 aliphatic rings. The summed E-state index contributed by atoms with van der Waals surface area (Å²) in [6, 6.07) is 8.28. The minimum absolute atomic E-state index is 0.135. The fourth-order valence-corrected chi connectivity index (χ4v) is 3.89. The van der Waals surface area contributed by atoms with E-state index in [0.717, 1.165) is 21.8 Å². The van der Waals surface area contributed by atoms with Gasteiger partial charge in [-0.3, -0.25) is 4.79 Å². The zero-order valence-corrected chi connectivity index (χ0v) is 14.0. The van der Waals surface area contributed by atoms with E-state index < -0.39 is 0 Å². The molecule has 1 aromatic carbocycles. The van der Waals surface area contributed by atoms with Crippen molar-refractivity contribution in [1.82, 2.24) is 5.32 Å². The van der Waals surface area contributed by atoms with Gasteiger partial charge in [0, 0.05) is 15.8 Å². The monoisotopic (exact) mass is 387 g/mol. The molecule has 0 spiro atoms. The molecule has 0 aromatic heterocycles. The Morgan fingerprint density at radius 3 is 2.84 bits per heavy atom. The fraction of sp³-hybridized carbons (Fsp3) is 0.533. The Labute approximate surface area is 131 Å². The predicted molar refractivity (Wildman–Crippen MR) is 85.5 cm³/mol. The maximum Gasteiger partial charge on any atom is 0.224 e. The lowest BCUT2D eigenvalue weighted by Crippen LogP contribution is -2.43. The second kappa shape index (κ2) is 7.44. The molecule has 1 saturated carbocycles. The van der Waals surface area contributed by atoms with Crippen LogP contribution in [0.2, 0.25) is 0 Å². The summed E-state index contributed by atoms with van der Waals surface area (Å²) in [7, 11) is 0. The van der Waals surface area contributed by atoms with Crippen LogP contribution in [0.25, 0.3) is 0 Å². The van der Waals surface area contributed by atoms with Crippen LogP contribution in [0.4, 0.5) is 0 Å². The number of carbonyl (C=O) groups excluding carboxylic acids is 1. The number of carbonyl (C=O) groups is 1. The molecule has 2 rings (SSSR count). The molecule has 1 aromatic rings. The lowest BCUT2D eigenvalue weighted by atomic mass is 9.86. The molecule has 0 bridgehead atoms. The van der Waals surface area contributed by atoms with Crippen LogP contribution in [0.15, 0.2) is 28.7 Å². The number of hydrogen-bond acceptors (Lipinski definition) is 1. The van der Waals surface area contributed by atoms with Crippen molar-refractivity contribution < 1.29 is 4.79 Å². The first kappa shape index (κ1) is 15.0. The summed E-state index contributed by atoms with van der Waals surface area (Å²) in [6.45, 7) is 0. The molecule has 0 saturated heterocycles. The number of nitrogens with one attached hydrogen (secondary N) is 1. The highest BCUT2D eigenvalue weighted by molar-refractivity contribution is 9.10. The van der Waals surface area contributed by atoms with Gasteiger partial charge >= 0.3 is 0 Å². The standard InChI is InChI=1S/C15H19Br2NO/c16-10-12-5-1-2-7-14(12)18-15(19)9-11-4-3-6-13(17)8-11/h3-4,6,8,12,14H,1-2,5,7,9-10H2,(H,18,19). The van der Waals surface area contributed by atoms with Gasteiger partial charge in [-0.25, -0.2) is 0 Å². The summed E-state index contributed by atoms with van der Waals surface area (Å²) in [4.78, 5) is 12.1. The first-order valence-electron chi connectivity index (χ1n) is 6.79. The van der Waals surface area contributed by atoms with Crippen molar-refractivity contribution in [3.05, 3.63) is 34.3 Å².